The van der Waals surface area contributed by atoms with E-state index in [0.717, 1.165) is 15.6 Å². The zero-order valence-corrected chi connectivity index (χ0v) is 23.7. The number of carbonyl (C=O) groups is 3. The monoisotopic (exact) mass is 573 g/mol. The number of hydrogen-bond donors (Lipinski definition) is 2. The van der Waals surface area contributed by atoms with Gasteiger partial charge in [-0.2, -0.15) is 0 Å². The van der Waals surface area contributed by atoms with Crippen LogP contribution in [0.5, 0.6) is 0 Å². The Labute approximate surface area is 233 Å². The van der Waals surface area contributed by atoms with Crippen molar-refractivity contribution in [3.8, 4) is 10.7 Å². The van der Waals surface area contributed by atoms with Crippen LogP contribution in [0.3, 0.4) is 0 Å². The zero-order valence-electron chi connectivity index (χ0n) is 21.2. The fraction of sp³-hybridized carbons (Fsp3) is 0.480. The van der Waals surface area contributed by atoms with E-state index in [-0.39, 0.29) is 23.5 Å². The number of nitrogens with one attached hydrogen (secondary N) is 2. The fourth-order valence-electron chi connectivity index (χ4n) is 4.92. The van der Waals surface area contributed by atoms with Gasteiger partial charge in [-0.05, 0) is 55.2 Å². The Bertz CT molecular complexity index is 1250. The van der Waals surface area contributed by atoms with E-state index in [0.29, 0.717) is 63.7 Å². The van der Waals surface area contributed by atoms with Gasteiger partial charge in [0.05, 0.1) is 15.5 Å². The van der Waals surface area contributed by atoms with E-state index in [1.807, 2.05) is 56.4 Å². The standard InChI is InChI=1S/C25H31N7O3S3/c1-30-21(18-5-2-15-36-18)28-29-24(30)38-17-20(33)27-25(7-9-26-10-8-25)23(35)32-12-4-11-31(13-14-32)22(34)19-6-3-16-37-19/h2-3,5-6,15-16,26H,4,7-14,17H2,1H3,(H,27,33). The van der Waals surface area contributed by atoms with E-state index in [1.54, 1.807) is 11.3 Å². The second-order valence-corrected chi connectivity index (χ2v) is 12.3. The van der Waals surface area contributed by atoms with E-state index < -0.39 is 5.54 Å². The van der Waals surface area contributed by atoms with E-state index in [4.69, 9.17) is 0 Å². The quantitative estimate of drug-likeness (QED) is 0.417. The third-order valence-corrected chi connectivity index (χ3v) is 9.70. The molecule has 3 aromatic rings. The van der Waals surface area contributed by atoms with Crippen LogP contribution >= 0.6 is 34.4 Å². The molecule has 38 heavy (non-hydrogen) atoms. The Morgan fingerprint density at radius 1 is 1.03 bits per heavy atom. The first-order valence-electron chi connectivity index (χ1n) is 12.7. The van der Waals surface area contributed by atoms with Crippen LogP contribution in [0.2, 0.25) is 0 Å². The highest BCUT2D eigenvalue weighted by Crippen LogP contribution is 2.27. The second-order valence-electron chi connectivity index (χ2n) is 9.43. The third kappa shape index (κ3) is 5.80. The van der Waals surface area contributed by atoms with E-state index in [1.165, 1.54) is 23.1 Å². The normalized spacial score (nSPS) is 17.7. The molecule has 202 valence electrons. The molecule has 5 rings (SSSR count). The Balaban J connectivity index is 1.22. The first-order chi connectivity index (χ1) is 18.5. The van der Waals surface area contributed by atoms with Gasteiger partial charge < -0.3 is 25.0 Å². The lowest BCUT2D eigenvalue weighted by atomic mass is 9.86. The summed E-state index contributed by atoms with van der Waals surface area (Å²) < 4.78 is 1.88. The van der Waals surface area contributed by atoms with Crippen molar-refractivity contribution < 1.29 is 14.4 Å². The van der Waals surface area contributed by atoms with E-state index >= 15 is 0 Å². The maximum absolute atomic E-state index is 13.9. The predicted octanol–water partition coefficient (Wildman–Crippen LogP) is 2.31. The Morgan fingerprint density at radius 2 is 1.76 bits per heavy atom. The minimum atomic E-state index is -0.947. The molecular weight excluding hydrogens is 543 g/mol. The van der Waals surface area contributed by atoms with Crippen LogP contribution in [0.15, 0.2) is 40.2 Å². The summed E-state index contributed by atoms with van der Waals surface area (Å²) in [6, 6.07) is 7.67. The van der Waals surface area contributed by atoms with Crippen LogP contribution in [0.1, 0.15) is 28.9 Å². The number of amides is 3. The molecule has 2 aliphatic heterocycles. The van der Waals surface area contributed by atoms with Gasteiger partial charge in [-0.15, -0.1) is 32.9 Å². The van der Waals surface area contributed by atoms with Gasteiger partial charge in [0.2, 0.25) is 11.8 Å². The number of nitrogens with zero attached hydrogens (tertiary/aromatic N) is 5. The summed E-state index contributed by atoms with van der Waals surface area (Å²) >= 11 is 4.33. The van der Waals surface area contributed by atoms with Crippen molar-refractivity contribution in [2.75, 3.05) is 45.0 Å². The molecule has 3 amide bonds. The lowest BCUT2D eigenvalue weighted by Crippen LogP contribution is -2.64. The summed E-state index contributed by atoms with van der Waals surface area (Å²) in [6.07, 6.45) is 1.77. The van der Waals surface area contributed by atoms with Crippen molar-refractivity contribution in [1.29, 1.82) is 0 Å². The molecule has 13 heteroatoms. The maximum Gasteiger partial charge on any atom is 0.263 e. The van der Waals surface area contributed by atoms with Crippen molar-refractivity contribution >= 4 is 52.2 Å². The highest BCUT2D eigenvalue weighted by Gasteiger charge is 2.43. The average molecular weight is 574 g/mol. The van der Waals surface area contributed by atoms with Gasteiger partial charge in [0.25, 0.3) is 5.91 Å². The predicted molar refractivity (Wildman–Crippen MR) is 149 cm³/mol. The Kier molecular flexibility index (Phi) is 8.46. The molecular formula is C25H31N7O3S3. The molecule has 0 radical (unpaired) electrons. The van der Waals surface area contributed by atoms with Gasteiger partial charge in [-0.3, -0.25) is 14.4 Å². The molecule has 0 unspecified atom stereocenters. The molecule has 0 aromatic carbocycles. The summed E-state index contributed by atoms with van der Waals surface area (Å²) in [7, 11) is 1.89. The summed E-state index contributed by atoms with van der Waals surface area (Å²) in [5.74, 6) is 0.668. The van der Waals surface area contributed by atoms with Gasteiger partial charge in [0, 0.05) is 33.2 Å². The SMILES string of the molecule is Cn1c(SCC(=O)NC2(C(=O)N3CCCN(C(=O)c4cccs4)CC3)CCNCC2)nnc1-c1cccs1. The van der Waals surface area contributed by atoms with Crippen molar-refractivity contribution in [2.24, 2.45) is 7.05 Å². The molecule has 2 fully saturated rings. The average Bonchev–Trinajstić information content (AvgIpc) is 3.68. The molecule has 5 heterocycles. The minimum Gasteiger partial charge on any atom is -0.341 e. The minimum absolute atomic E-state index is 0.0159. The van der Waals surface area contributed by atoms with Crippen LogP contribution in [0, 0.1) is 0 Å². The fourth-order valence-corrected chi connectivity index (χ4v) is 7.07. The molecule has 2 N–H and O–H groups in total. The van der Waals surface area contributed by atoms with Gasteiger partial charge in [-0.25, -0.2) is 0 Å². The third-order valence-electron chi connectivity index (χ3n) is 6.96. The summed E-state index contributed by atoms with van der Waals surface area (Å²) in [5, 5.41) is 19.5. The first kappa shape index (κ1) is 26.9. The number of aromatic nitrogens is 3. The number of thioether (sulfide) groups is 1. The number of rotatable bonds is 7. The van der Waals surface area contributed by atoms with Gasteiger partial charge in [0.1, 0.15) is 5.54 Å². The molecule has 10 nitrogen and oxygen atoms in total. The zero-order chi connectivity index (χ0) is 26.5. The van der Waals surface area contributed by atoms with Crippen LogP contribution in [-0.2, 0) is 16.6 Å². The summed E-state index contributed by atoms with van der Waals surface area (Å²) in [6.45, 7) is 3.44. The largest absolute Gasteiger partial charge is 0.341 e. The van der Waals surface area contributed by atoms with Crippen molar-refractivity contribution in [3.05, 3.63) is 39.9 Å². The van der Waals surface area contributed by atoms with Crippen LogP contribution < -0.4 is 10.6 Å². The first-order valence-corrected chi connectivity index (χ1v) is 15.4. The Morgan fingerprint density at radius 3 is 2.50 bits per heavy atom. The molecule has 2 saturated heterocycles. The molecule has 0 bridgehead atoms. The van der Waals surface area contributed by atoms with Crippen LogP contribution in [0.25, 0.3) is 10.7 Å². The van der Waals surface area contributed by atoms with Crippen molar-refractivity contribution in [2.45, 2.75) is 30.0 Å². The maximum atomic E-state index is 13.9. The number of piperidine rings is 1. The molecule has 0 saturated carbocycles. The lowest BCUT2D eigenvalue weighted by molar-refractivity contribution is -0.142. The van der Waals surface area contributed by atoms with Gasteiger partial charge >= 0.3 is 0 Å². The smallest absolute Gasteiger partial charge is 0.263 e. The van der Waals surface area contributed by atoms with Crippen molar-refractivity contribution in [1.82, 2.24) is 35.2 Å². The number of hydrogen-bond acceptors (Lipinski definition) is 9. The molecule has 0 spiro atoms. The van der Waals surface area contributed by atoms with Crippen molar-refractivity contribution in [3.63, 3.8) is 0 Å². The van der Waals surface area contributed by atoms with E-state index in [2.05, 4.69) is 20.8 Å². The number of carbonyl (C=O) groups excluding carboxylic acids is 3. The molecule has 0 aliphatic carbocycles. The number of thiophene rings is 2. The summed E-state index contributed by atoms with van der Waals surface area (Å²) in [4.78, 5) is 45.2. The van der Waals surface area contributed by atoms with Gasteiger partial charge in [0.15, 0.2) is 11.0 Å². The van der Waals surface area contributed by atoms with Gasteiger partial charge in [-0.1, -0.05) is 23.9 Å². The molecule has 0 atom stereocenters. The van der Waals surface area contributed by atoms with E-state index in [9.17, 15) is 14.4 Å². The highest BCUT2D eigenvalue weighted by molar-refractivity contribution is 7.99. The summed E-state index contributed by atoms with van der Waals surface area (Å²) in [5.41, 5.74) is -0.947. The van der Waals surface area contributed by atoms with Crippen LogP contribution in [0.4, 0.5) is 0 Å². The van der Waals surface area contributed by atoms with Crippen LogP contribution in [-0.4, -0.2) is 92.8 Å². The molecule has 3 aromatic heterocycles. The highest BCUT2D eigenvalue weighted by atomic mass is 32.2. The molecule has 2 aliphatic rings. The lowest BCUT2D eigenvalue weighted by Gasteiger charge is -2.40. The topological polar surface area (TPSA) is 112 Å². The Hall–Kier alpha value is -2.74. The second kappa shape index (κ2) is 12.0.